The van der Waals surface area contributed by atoms with Crippen molar-refractivity contribution in [1.29, 1.82) is 0 Å². The van der Waals surface area contributed by atoms with E-state index in [0.29, 0.717) is 6.61 Å². The molecule has 0 bridgehead atoms. The largest absolute Gasteiger partial charge is 0.463 e. The van der Waals surface area contributed by atoms with Gasteiger partial charge in [-0.15, -0.1) is 0 Å². The molecular weight excluding hydrogens is 248 g/mol. The first kappa shape index (κ1) is 11.4. The fraction of sp³-hybridized carbons (Fsp3) is 0.600. The molecule has 4 heteroatoms. The Bertz CT molecular complexity index is 285. The average molecular weight is 261 g/mol. The SMILES string of the molecule is CCOC(=O)/C=C(/C)[C@@H]1C[C@@]1(Br)C=O. The predicted octanol–water partition coefficient (Wildman–Crippen LogP) is 1.85. The fourth-order valence-corrected chi connectivity index (χ4v) is 2.08. The Kier molecular flexibility index (Phi) is 3.48. The van der Waals surface area contributed by atoms with Gasteiger partial charge in [-0.2, -0.15) is 0 Å². The topological polar surface area (TPSA) is 43.4 Å². The summed E-state index contributed by atoms with van der Waals surface area (Å²) in [5.74, 6) is -0.193. The number of esters is 1. The summed E-state index contributed by atoms with van der Waals surface area (Å²) >= 11 is 3.32. The van der Waals surface area contributed by atoms with Crippen molar-refractivity contribution in [3.05, 3.63) is 11.6 Å². The van der Waals surface area contributed by atoms with E-state index in [9.17, 15) is 9.59 Å². The van der Waals surface area contributed by atoms with Gasteiger partial charge < -0.3 is 9.53 Å². The summed E-state index contributed by atoms with van der Waals surface area (Å²) in [7, 11) is 0. The van der Waals surface area contributed by atoms with Crippen molar-refractivity contribution >= 4 is 28.2 Å². The lowest BCUT2D eigenvalue weighted by Gasteiger charge is -2.01. The molecule has 0 spiro atoms. The molecule has 0 heterocycles. The maximum atomic E-state index is 11.1. The van der Waals surface area contributed by atoms with Crippen molar-refractivity contribution in [3.8, 4) is 0 Å². The third kappa shape index (κ3) is 2.44. The van der Waals surface area contributed by atoms with Gasteiger partial charge in [0.2, 0.25) is 0 Å². The number of hydrogen-bond acceptors (Lipinski definition) is 3. The minimum absolute atomic E-state index is 0.143. The van der Waals surface area contributed by atoms with Gasteiger partial charge in [-0.25, -0.2) is 4.79 Å². The van der Waals surface area contributed by atoms with Crippen LogP contribution in [0.3, 0.4) is 0 Å². The van der Waals surface area contributed by atoms with Crippen LogP contribution in [-0.4, -0.2) is 23.2 Å². The molecule has 0 saturated heterocycles. The molecule has 0 aromatic rings. The molecule has 2 atom stereocenters. The molecule has 0 amide bonds. The van der Waals surface area contributed by atoms with Crippen molar-refractivity contribution in [2.45, 2.75) is 24.6 Å². The van der Waals surface area contributed by atoms with Crippen LogP contribution in [-0.2, 0) is 14.3 Å². The van der Waals surface area contributed by atoms with Gasteiger partial charge in [-0.05, 0) is 20.3 Å². The third-order valence-corrected chi connectivity index (χ3v) is 3.38. The van der Waals surface area contributed by atoms with Crippen LogP contribution in [0.4, 0.5) is 0 Å². The minimum Gasteiger partial charge on any atom is -0.463 e. The Morgan fingerprint density at radius 1 is 1.71 bits per heavy atom. The van der Waals surface area contributed by atoms with E-state index in [4.69, 9.17) is 4.74 Å². The number of aldehydes is 1. The standard InChI is InChI=1S/C10H13BrO3/c1-3-14-9(13)4-7(2)8-5-10(8,11)6-12/h4,6,8H,3,5H2,1-2H3/b7-4-/t8-,10+/m0/s1. The monoisotopic (exact) mass is 260 g/mol. The first-order chi connectivity index (χ1) is 6.53. The highest BCUT2D eigenvalue weighted by molar-refractivity contribution is 9.10. The number of alkyl halides is 1. The van der Waals surface area contributed by atoms with E-state index >= 15 is 0 Å². The molecular formula is C10H13BrO3. The van der Waals surface area contributed by atoms with E-state index in [2.05, 4.69) is 15.9 Å². The molecule has 0 aromatic heterocycles. The second kappa shape index (κ2) is 4.26. The van der Waals surface area contributed by atoms with Crippen LogP contribution in [0, 0.1) is 5.92 Å². The molecule has 1 aliphatic carbocycles. The van der Waals surface area contributed by atoms with E-state index in [1.54, 1.807) is 6.92 Å². The van der Waals surface area contributed by atoms with Crippen LogP contribution < -0.4 is 0 Å². The predicted molar refractivity (Wildman–Crippen MR) is 56.2 cm³/mol. The van der Waals surface area contributed by atoms with Crippen molar-refractivity contribution in [1.82, 2.24) is 0 Å². The zero-order valence-electron chi connectivity index (χ0n) is 8.25. The third-order valence-electron chi connectivity index (χ3n) is 2.31. The summed E-state index contributed by atoms with van der Waals surface area (Å²) in [6.07, 6.45) is 3.11. The van der Waals surface area contributed by atoms with E-state index in [1.807, 2.05) is 6.92 Å². The Labute approximate surface area is 91.6 Å². The lowest BCUT2D eigenvalue weighted by molar-refractivity contribution is -0.137. The van der Waals surface area contributed by atoms with Gasteiger partial charge in [-0.3, -0.25) is 0 Å². The van der Waals surface area contributed by atoms with Gasteiger partial charge in [0.1, 0.15) is 6.29 Å². The van der Waals surface area contributed by atoms with Crippen LogP contribution in [0.5, 0.6) is 0 Å². The molecule has 14 heavy (non-hydrogen) atoms. The Hall–Kier alpha value is -0.640. The van der Waals surface area contributed by atoms with Crippen molar-refractivity contribution in [2.75, 3.05) is 6.61 Å². The highest BCUT2D eigenvalue weighted by Crippen LogP contribution is 2.53. The highest BCUT2D eigenvalue weighted by atomic mass is 79.9. The zero-order valence-corrected chi connectivity index (χ0v) is 9.83. The van der Waals surface area contributed by atoms with E-state index in [0.717, 1.165) is 18.3 Å². The van der Waals surface area contributed by atoms with Crippen LogP contribution in [0.1, 0.15) is 20.3 Å². The zero-order chi connectivity index (χ0) is 10.8. The van der Waals surface area contributed by atoms with Gasteiger partial charge in [0, 0.05) is 12.0 Å². The van der Waals surface area contributed by atoms with E-state index in [1.165, 1.54) is 6.08 Å². The van der Waals surface area contributed by atoms with Gasteiger partial charge in [0.25, 0.3) is 0 Å². The van der Waals surface area contributed by atoms with E-state index < -0.39 is 4.32 Å². The summed E-state index contributed by atoms with van der Waals surface area (Å²) in [5.41, 5.74) is 0.896. The quantitative estimate of drug-likeness (QED) is 0.335. The molecule has 3 nitrogen and oxygen atoms in total. The molecule has 0 radical (unpaired) electrons. The summed E-state index contributed by atoms with van der Waals surface area (Å²) in [4.78, 5) is 21.7. The number of rotatable bonds is 4. The second-order valence-corrected chi connectivity index (χ2v) is 4.92. The number of carbonyl (C=O) groups excluding carboxylic acids is 2. The minimum atomic E-state index is -0.430. The summed E-state index contributed by atoms with van der Waals surface area (Å²) in [6, 6.07) is 0. The number of carbonyl (C=O) groups is 2. The van der Waals surface area contributed by atoms with Crippen LogP contribution in [0.25, 0.3) is 0 Å². The van der Waals surface area contributed by atoms with Gasteiger partial charge in [0.05, 0.1) is 10.9 Å². The maximum Gasteiger partial charge on any atom is 0.330 e. The van der Waals surface area contributed by atoms with Crippen molar-refractivity contribution < 1.29 is 14.3 Å². The Balaban J connectivity index is 2.55. The highest BCUT2D eigenvalue weighted by Gasteiger charge is 2.53. The fourth-order valence-electron chi connectivity index (χ4n) is 1.39. The molecule has 1 rings (SSSR count). The molecule has 78 valence electrons. The van der Waals surface area contributed by atoms with Crippen molar-refractivity contribution in [3.63, 3.8) is 0 Å². The number of allylic oxidation sites excluding steroid dienone is 1. The summed E-state index contributed by atoms with van der Waals surface area (Å²) in [6.45, 7) is 3.98. The lowest BCUT2D eigenvalue weighted by atomic mass is 10.1. The number of hydrogen-bond donors (Lipinski definition) is 0. The lowest BCUT2D eigenvalue weighted by Crippen LogP contribution is -2.06. The molecule has 0 aliphatic heterocycles. The molecule has 0 N–H and O–H groups in total. The molecule has 0 unspecified atom stereocenters. The molecule has 1 aliphatic rings. The van der Waals surface area contributed by atoms with Gasteiger partial charge in [-0.1, -0.05) is 21.5 Å². The summed E-state index contributed by atoms with van der Waals surface area (Å²) < 4.78 is 4.34. The summed E-state index contributed by atoms with van der Waals surface area (Å²) in [5, 5.41) is 0. The number of ether oxygens (including phenoxy) is 1. The molecule has 1 saturated carbocycles. The van der Waals surface area contributed by atoms with E-state index in [-0.39, 0.29) is 11.9 Å². The molecule has 1 fully saturated rings. The first-order valence-corrected chi connectivity index (χ1v) is 5.33. The average Bonchev–Trinajstić information content (AvgIpc) is 2.79. The number of halogens is 1. The maximum absolute atomic E-state index is 11.1. The normalized spacial score (nSPS) is 31.1. The molecule has 0 aromatic carbocycles. The smallest absolute Gasteiger partial charge is 0.330 e. The first-order valence-electron chi connectivity index (χ1n) is 4.53. The van der Waals surface area contributed by atoms with Gasteiger partial charge >= 0.3 is 5.97 Å². The Morgan fingerprint density at radius 3 is 2.79 bits per heavy atom. The van der Waals surface area contributed by atoms with Crippen LogP contribution >= 0.6 is 15.9 Å². The van der Waals surface area contributed by atoms with Gasteiger partial charge in [0.15, 0.2) is 0 Å². The van der Waals surface area contributed by atoms with Crippen LogP contribution in [0.15, 0.2) is 11.6 Å². The van der Waals surface area contributed by atoms with Crippen LogP contribution in [0.2, 0.25) is 0 Å². The Morgan fingerprint density at radius 2 is 2.36 bits per heavy atom. The second-order valence-electron chi connectivity index (χ2n) is 3.44. The van der Waals surface area contributed by atoms with Crippen molar-refractivity contribution in [2.24, 2.45) is 5.92 Å².